The zero-order valence-corrected chi connectivity index (χ0v) is 16.9. The second-order valence-electron chi connectivity index (χ2n) is 5.80. The van der Waals surface area contributed by atoms with Gasteiger partial charge < -0.3 is 5.32 Å². The van der Waals surface area contributed by atoms with Crippen LogP contribution >= 0.6 is 23.4 Å². The van der Waals surface area contributed by atoms with Crippen molar-refractivity contribution in [3.05, 3.63) is 59.1 Å². The highest BCUT2D eigenvalue weighted by atomic mass is 35.5. The summed E-state index contributed by atoms with van der Waals surface area (Å²) < 4.78 is 25.4. The summed E-state index contributed by atoms with van der Waals surface area (Å²) in [4.78, 5) is 13.2. The van der Waals surface area contributed by atoms with Crippen LogP contribution in [0.2, 0.25) is 5.02 Å². The van der Waals surface area contributed by atoms with E-state index in [0.29, 0.717) is 22.9 Å². The molecule has 0 aliphatic carbocycles. The first-order chi connectivity index (χ1) is 12.2. The molecule has 5 nitrogen and oxygen atoms in total. The standard InChI is InChI=1S/C18H21ClN2O3S2/c1-13(16-5-3-4-6-17(16)21-26(2,23)24)20-18(22)11-12-25-15-9-7-14(19)8-10-15/h3-10,13,21H,11-12H2,1-2H3,(H,20,22). The zero-order valence-electron chi connectivity index (χ0n) is 14.5. The molecule has 0 spiro atoms. The van der Waals surface area contributed by atoms with E-state index in [4.69, 9.17) is 11.6 Å². The van der Waals surface area contributed by atoms with Crippen molar-refractivity contribution in [1.29, 1.82) is 0 Å². The number of amides is 1. The molecule has 26 heavy (non-hydrogen) atoms. The van der Waals surface area contributed by atoms with Gasteiger partial charge in [-0.3, -0.25) is 9.52 Å². The van der Waals surface area contributed by atoms with Crippen molar-refractivity contribution in [3.63, 3.8) is 0 Å². The first-order valence-electron chi connectivity index (χ1n) is 7.99. The molecule has 0 aromatic heterocycles. The molecule has 1 unspecified atom stereocenters. The van der Waals surface area contributed by atoms with Crippen LogP contribution in [0.25, 0.3) is 0 Å². The molecular weight excluding hydrogens is 392 g/mol. The third kappa shape index (κ3) is 6.90. The summed E-state index contributed by atoms with van der Waals surface area (Å²) >= 11 is 7.43. The number of rotatable bonds is 8. The van der Waals surface area contributed by atoms with Crippen molar-refractivity contribution in [3.8, 4) is 0 Å². The Morgan fingerprint density at radius 3 is 2.46 bits per heavy atom. The van der Waals surface area contributed by atoms with Gasteiger partial charge in [0.05, 0.1) is 18.0 Å². The Labute approximate surface area is 163 Å². The number of halogens is 1. The normalized spacial score (nSPS) is 12.4. The Balaban J connectivity index is 1.89. The van der Waals surface area contributed by atoms with Gasteiger partial charge in [-0.15, -0.1) is 11.8 Å². The lowest BCUT2D eigenvalue weighted by molar-refractivity contribution is -0.121. The molecule has 0 saturated carbocycles. The van der Waals surface area contributed by atoms with Crippen molar-refractivity contribution < 1.29 is 13.2 Å². The van der Waals surface area contributed by atoms with E-state index in [1.165, 1.54) is 0 Å². The Hall–Kier alpha value is -1.70. The summed E-state index contributed by atoms with van der Waals surface area (Å²) in [5.41, 5.74) is 1.19. The summed E-state index contributed by atoms with van der Waals surface area (Å²) in [5, 5.41) is 3.59. The minimum absolute atomic E-state index is 0.0897. The Morgan fingerprint density at radius 1 is 1.15 bits per heavy atom. The average molecular weight is 413 g/mol. The largest absolute Gasteiger partial charge is 0.349 e. The second kappa shape index (κ2) is 9.30. The van der Waals surface area contributed by atoms with Gasteiger partial charge in [0.2, 0.25) is 15.9 Å². The van der Waals surface area contributed by atoms with Gasteiger partial charge in [-0.25, -0.2) is 8.42 Å². The van der Waals surface area contributed by atoms with Crippen molar-refractivity contribution >= 4 is 45.0 Å². The third-order valence-electron chi connectivity index (χ3n) is 3.51. The van der Waals surface area contributed by atoms with E-state index >= 15 is 0 Å². The molecule has 0 radical (unpaired) electrons. The van der Waals surface area contributed by atoms with E-state index in [2.05, 4.69) is 10.0 Å². The summed E-state index contributed by atoms with van der Waals surface area (Å²) in [6.45, 7) is 1.83. The van der Waals surface area contributed by atoms with Crippen molar-refractivity contribution in [2.75, 3.05) is 16.7 Å². The molecule has 0 heterocycles. The van der Waals surface area contributed by atoms with Crippen LogP contribution in [0.15, 0.2) is 53.4 Å². The smallest absolute Gasteiger partial charge is 0.229 e. The molecule has 0 aliphatic rings. The minimum atomic E-state index is -3.39. The topological polar surface area (TPSA) is 75.3 Å². The van der Waals surface area contributed by atoms with Crippen LogP contribution in [0.4, 0.5) is 5.69 Å². The van der Waals surface area contributed by atoms with Gasteiger partial charge in [-0.2, -0.15) is 0 Å². The molecule has 0 bridgehead atoms. The first-order valence-corrected chi connectivity index (χ1v) is 11.2. The van der Waals surface area contributed by atoms with Gasteiger partial charge in [0.25, 0.3) is 0 Å². The predicted molar refractivity (Wildman–Crippen MR) is 108 cm³/mol. The minimum Gasteiger partial charge on any atom is -0.349 e. The zero-order chi connectivity index (χ0) is 19.2. The Bertz CT molecular complexity index is 855. The molecule has 140 valence electrons. The van der Waals surface area contributed by atoms with Gasteiger partial charge in [0.15, 0.2) is 0 Å². The molecule has 0 fully saturated rings. The predicted octanol–water partition coefficient (Wildman–Crippen LogP) is 4.07. The quantitative estimate of drug-likeness (QED) is 0.641. The molecule has 0 saturated heterocycles. The number of nitrogens with one attached hydrogen (secondary N) is 2. The number of carbonyl (C=O) groups excluding carboxylic acids is 1. The maximum Gasteiger partial charge on any atom is 0.229 e. The van der Waals surface area contributed by atoms with Crippen molar-refractivity contribution in [2.45, 2.75) is 24.3 Å². The molecular formula is C18H21ClN2O3S2. The molecule has 2 aromatic rings. The fourth-order valence-electron chi connectivity index (χ4n) is 2.35. The van der Waals surface area contributed by atoms with E-state index in [1.54, 1.807) is 30.0 Å². The van der Waals surface area contributed by atoms with Crippen molar-refractivity contribution in [2.24, 2.45) is 0 Å². The number of hydrogen-bond acceptors (Lipinski definition) is 4. The number of para-hydroxylation sites is 1. The lowest BCUT2D eigenvalue weighted by Crippen LogP contribution is -2.27. The van der Waals surface area contributed by atoms with Crippen LogP contribution in [0, 0.1) is 0 Å². The van der Waals surface area contributed by atoms with E-state index in [0.717, 1.165) is 16.7 Å². The summed E-state index contributed by atoms with van der Waals surface area (Å²) in [5.74, 6) is 0.553. The molecule has 1 amide bonds. The monoisotopic (exact) mass is 412 g/mol. The highest BCUT2D eigenvalue weighted by Crippen LogP contribution is 2.24. The summed E-state index contributed by atoms with van der Waals surface area (Å²) in [6.07, 6.45) is 1.46. The van der Waals surface area contributed by atoms with E-state index in [-0.39, 0.29) is 11.9 Å². The van der Waals surface area contributed by atoms with Crippen LogP contribution in [0.1, 0.15) is 24.9 Å². The lowest BCUT2D eigenvalue weighted by Gasteiger charge is -2.18. The van der Waals surface area contributed by atoms with Gasteiger partial charge in [0.1, 0.15) is 0 Å². The number of anilines is 1. The fourth-order valence-corrected chi connectivity index (χ4v) is 3.91. The van der Waals surface area contributed by atoms with E-state index in [9.17, 15) is 13.2 Å². The van der Waals surface area contributed by atoms with Gasteiger partial charge in [0, 0.05) is 22.1 Å². The van der Waals surface area contributed by atoms with E-state index < -0.39 is 10.0 Å². The number of benzene rings is 2. The summed E-state index contributed by atoms with van der Waals surface area (Å²) in [7, 11) is -3.39. The van der Waals surface area contributed by atoms with Gasteiger partial charge in [-0.05, 0) is 42.8 Å². The molecule has 2 N–H and O–H groups in total. The summed E-state index contributed by atoms with van der Waals surface area (Å²) in [6, 6.07) is 14.2. The molecule has 2 aromatic carbocycles. The highest BCUT2D eigenvalue weighted by molar-refractivity contribution is 7.99. The van der Waals surface area contributed by atoms with Crippen LogP contribution in [0.3, 0.4) is 0 Å². The van der Waals surface area contributed by atoms with Gasteiger partial charge in [-0.1, -0.05) is 29.8 Å². The molecule has 8 heteroatoms. The molecule has 1 atom stereocenters. The SMILES string of the molecule is CC(NC(=O)CCSc1ccc(Cl)cc1)c1ccccc1NS(C)(=O)=O. The molecule has 2 rings (SSSR count). The maximum atomic E-state index is 12.2. The number of carbonyl (C=O) groups is 1. The fraction of sp³-hybridized carbons (Fsp3) is 0.278. The Morgan fingerprint density at radius 2 is 1.81 bits per heavy atom. The van der Waals surface area contributed by atoms with Crippen LogP contribution in [-0.2, 0) is 14.8 Å². The Kier molecular flexibility index (Phi) is 7.37. The highest BCUT2D eigenvalue weighted by Gasteiger charge is 2.15. The van der Waals surface area contributed by atoms with E-state index in [1.807, 2.05) is 37.3 Å². The maximum absolute atomic E-state index is 12.2. The van der Waals surface area contributed by atoms with Crippen LogP contribution in [0.5, 0.6) is 0 Å². The molecule has 0 aliphatic heterocycles. The second-order valence-corrected chi connectivity index (χ2v) is 9.16. The van der Waals surface area contributed by atoms with Crippen molar-refractivity contribution in [1.82, 2.24) is 5.32 Å². The number of sulfonamides is 1. The number of hydrogen-bond donors (Lipinski definition) is 2. The lowest BCUT2D eigenvalue weighted by atomic mass is 10.1. The van der Waals surface area contributed by atoms with Crippen LogP contribution in [-0.4, -0.2) is 26.3 Å². The van der Waals surface area contributed by atoms with Crippen LogP contribution < -0.4 is 10.0 Å². The number of thioether (sulfide) groups is 1. The van der Waals surface area contributed by atoms with Gasteiger partial charge >= 0.3 is 0 Å². The first kappa shape index (κ1) is 20.6. The third-order valence-corrected chi connectivity index (χ3v) is 5.37. The average Bonchev–Trinajstić information content (AvgIpc) is 2.55.